The summed E-state index contributed by atoms with van der Waals surface area (Å²) >= 11 is 6.27. The summed E-state index contributed by atoms with van der Waals surface area (Å²) in [5, 5.41) is 1.56. The van der Waals surface area contributed by atoms with E-state index in [2.05, 4.69) is 5.43 Å². The Morgan fingerprint density at radius 1 is 1.06 bits per heavy atom. The van der Waals surface area contributed by atoms with E-state index in [0.29, 0.717) is 39.3 Å². The third-order valence-corrected chi connectivity index (χ3v) is 5.51. The number of fused-ring (bicyclic) bond motifs is 1. The molecule has 0 unspecified atom stereocenters. The Bertz CT molecular complexity index is 1310. The van der Waals surface area contributed by atoms with Gasteiger partial charge in [-0.15, -0.1) is 0 Å². The van der Waals surface area contributed by atoms with Gasteiger partial charge in [-0.25, -0.2) is 5.01 Å². The summed E-state index contributed by atoms with van der Waals surface area (Å²) in [6.07, 6.45) is 1.45. The van der Waals surface area contributed by atoms with Gasteiger partial charge >= 0.3 is 0 Å². The highest BCUT2D eigenvalue weighted by atomic mass is 35.5. The molecule has 0 aliphatic carbocycles. The van der Waals surface area contributed by atoms with Gasteiger partial charge in [0.1, 0.15) is 12.2 Å². The molecule has 172 valence electrons. The first-order chi connectivity index (χ1) is 16.5. The molecule has 1 N–H and O–H groups in total. The van der Waals surface area contributed by atoms with Crippen LogP contribution in [0.2, 0.25) is 5.02 Å². The molecule has 3 aromatic rings. The second kappa shape index (κ2) is 8.99. The predicted octanol–water partition coefficient (Wildman–Crippen LogP) is 4.12. The topological polar surface area (TPSA) is 86.3 Å². The monoisotopic (exact) mass is 478 g/mol. The number of halogens is 1. The second-order valence-electron chi connectivity index (χ2n) is 7.48. The van der Waals surface area contributed by atoms with E-state index in [1.54, 1.807) is 36.4 Å². The van der Waals surface area contributed by atoms with Crippen LogP contribution < -0.4 is 29.4 Å². The summed E-state index contributed by atoms with van der Waals surface area (Å²) in [6, 6.07) is 17.5. The molecule has 3 aromatic carbocycles. The number of hydrogen-bond donors (Lipinski definition) is 1. The van der Waals surface area contributed by atoms with Crippen LogP contribution >= 0.6 is 11.6 Å². The molecule has 2 aliphatic heterocycles. The minimum atomic E-state index is -0.533. The number of hydrogen-bond acceptors (Lipinski definition) is 6. The van der Waals surface area contributed by atoms with Gasteiger partial charge in [-0.05, 0) is 42.0 Å². The smallest absolute Gasteiger partial charge is 0.282 e. The molecule has 0 spiro atoms. The van der Waals surface area contributed by atoms with E-state index < -0.39 is 11.8 Å². The Kier molecular flexibility index (Phi) is 5.73. The fraction of sp³-hybridized carbons (Fsp3) is 0.120. The summed E-state index contributed by atoms with van der Waals surface area (Å²) in [7, 11) is 1.49. The highest BCUT2D eigenvalue weighted by Gasteiger charge is 2.34. The second-order valence-corrected chi connectivity index (χ2v) is 7.91. The van der Waals surface area contributed by atoms with Gasteiger partial charge < -0.3 is 18.9 Å². The van der Waals surface area contributed by atoms with Crippen molar-refractivity contribution >= 4 is 35.2 Å². The molecule has 0 aromatic heterocycles. The fourth-order valence-electron chi connectivity index (χ4n) is 3.66. The van der Waals surface area contributed by atoms with Crippen LogP contribution in [0.3, 0.4) is 0 Å². The van der Waals surface area contributed by atoms with Gasteiger partial charge in [-0.3, -0.25) is 15.0 Å². The van der Waals surface area contributed by atoms with Crippen molar-refractivity contribution in [2.45, 2.75) is 6.61 Å². The molecule has 1 fully saturated rings. The van der Waals surface area contributed by atoms with Gasteiger partial charge in [0.05, 0.1) is 12.8 Å². The number of para-hydroxylation sites is 1. The first-order valence-electron chi connectivity index (χ1n) is 10.3. The van der Waals surface area contributed by atoms with Crippen molar-refractivity contribution in [3.8, 4) is 23.0 Å². The van der Waals surface area contributed by atoms with Crippen LogP contribution in [0.5, 0.6) is 23.0 Å². The van der Waals surface area contributed by atoms with Gasteiger partial charge in [0.15, 0.2) is 23.0 Å². The van der Waals surface area contributed by atoms with E-state index >= 15 is 0 Å². The Hall–Kier alpha value is -4.17. The van der Waals surface area contributed by atoms with Gasteiger partial charge in [0, 0.05) is 16.7 Å². The van der Waals surface area contributed by atoms with Crippen LogP contribution in [0.1, 0.15) is 11.1 Å². The molecular weight excluding hydrogens is 460 g/mol. The third kappa shape index (κ3) is 4.11. The van der Waals surface area contributed by atoms with Gasteiger partial charge in [-0.1, -0.05) is 35.9 Å². The summed E-state index contributed by atoms with van der Waals surface area (Å²) in [5.41, 5.74) is 4.34. The first-order valence-corrected chi connectivity index (χ1v) is 10.7. The Balaban J connectivity index is 1.46. The number of nitrogens with one attached hydrogen (secondary N) is 1. The Labute approximate surface area is 200 Å². The van der Waals surface area contributed by atoms with Crippen LogP contribution in [0, 0.1) is 0 Å². The average molecular weight is 479 g/mol. The number of methoxy groups -OCH3 is 1. The number of ether oxygens (including phenoxy) is 4. The summed E-state index contributed by atoms with van der Waals surface area (Å²) in [6.45, 7) is 0.361. The Morgan fingerprint density at radius 2 is 1.85 bits per heavy atom. The molecule has 0 bridgehead atoms. The molecule has 2 amide bonds. The minimum Gasteiger partial charge on any atom is -0.493 e. The molecule has 5 rings (SSSR count). The number of carbonyl (C=O) groups is 2. The van der Waals surface area contributed by atoms with Crippen molar-refractivity contribution in [1.29, 1.82) is 0 Å². The van der Waals surface area contributed by atoms with Crippen molar-refractivity contribution in [3.63, 3.8) is 0 Å². The molecule has 34 heavy (non-hydrogen) atoms. The van der Waals surface area contributed by atoms with Crippen LogP contribution in [-0.4, -0.2) is 25.7 Å². The SMILES string of the molecule is COc1cc(Cl)cc(C=C2C(=O)NN(c3ccccc3)C2=O)c1OCc1ccc2c(c1)OCO2. The molecule has 0 atom stereocenters. The van der Waals surface area contributed by atoms with E-state index in [9.17, 15) is 9.59 Å². The molecule has 2 heterocycles. The quantitative estimate of drug-likeness (QED) is 0.424. The number of rotatable bonds is 6. The molecule has 1 saturated heterocycles. The molecule has 8 nitrogen and oxygen atoms in total. The maximum atomic E-state index is 13.0. The summed E-state index contributed by atoms with van der Waals surface area (Å²) in [4.78, 5) is 25.6. The lowest BCUT2D eigenvalue weighted by Gasteiger charge is -2.15. The lowest BCUT2D eigenvalue weighted by molar-refractivity contribution is -0.117. The van der Waals surface area contributed by atoms with Gasteiger partial charge in [0.25, 0.3) is 11.8 Å². The lowest BCUT2D eigenvalue weighted by atomic mass is 10.1. The molecule has 0 saturated carbocycles. The standard InChI is InChI=1S/C25H19ClN2O6/c1-31-22-12-17(26)10-16(23(22)32-13-15-7-8-20-21(9-15)34-14-33-20)11-19-24(29)27-28(25(19)30)18-5-3-2-4-6-18/h2-12H,13-14H2,1H3,(H,27,29). The minimum absolute atomic E-state index is 0.0545. The van der Waals surface area contributed by atoms with Gasteiger partial charge in [-0.2, -0.15) is 0 Å². The normalized spacial score (nSPS) is 15.6. The van der Waals surface area contributed by atoms with E-state index in [1.807, 2.05) is 24.3 Å². The highest BCUT2D eigenvalue weighted by molar-refractivity contribution is 6.32. The third-order valence-electron chi connectivity index (χ3n) is 5.29. The van der Waals surface area contributed by atoms with Crippen molar-refractivity contribution < 1.29 is 28.5 Å². The molecule has 9 heteroatoms. The zero-order chi connectivity index (χ0) is 23.7. The first kappa shape index (κ1) is 21.7. The zero-order valence-electron chi connectivity index (χ0n) is 18.0. The van der Waals surface area contributed by atoms with Crippen LogP contribution in [0.25, 0.3) is 6.08 Å². The van der Waals surface area contributed by atoms with Crippen molar-refractivity contribution in [1.82, 2.24) is 5.43 Å². The number of carbonyl (C=O) groups excluding carboxylic acids is 2. The van der Waals surface area contributed by atoms with Crippen molar-refractivity contribution in [2.24, 2.45) is 0 Å². The number of amides is 2. The van der Waals surface area contributed by atoms with Crippen LogP contribution in [0.4, 0.5) is 5.69 Å². The average Bonchev–Trinajstić information content (AvgIpc) is 3.43. The van der Waals surface area contributed by atoms with E-state index in [4.69, 9.17) is 30.5 Å². The summed E-state index contributed by atoms with van der Waals surface area (Å²) in [5.74, 6) is 1.00. The van der Waals surface area contributed by atoms with E-state index in [-0.39, 0.29) is 19.0 Å². The summed E-state index contributed by atoms with van der Waals surface area (Å²) < 4.78 is 22.3. The number of nitrogens with zero attached hydrogens (tertiary/aromatic N) is 1. The number of anilines is 1. The van der Waals surface area contributed by atoms with Crippen molar-refractivity contribution in [2.75, 3.05) is 18.9 Å². The lowest BCUT2D eigenvalue weighted by Crippen LogP contribution is -2.35. The highest BCUT2D eigenvalue weighted by Crippen LogP contribution is 2.38. The predicted molar refractivity (Wildman–Crippen MR) is 125 cm³/mol. The van der Waals surface area contributed by atoms with Crippen molar-refractivity contribution in [3.05, 3.63) is 82.4 Å². The maximum absolute atomic E-state index is 13.0. The van der Waals surface area contributed by atoms with Crippen LogP contribution in [-0.2, 0) is 16.2 Å². The number of hydrazine groups is 1. The van der Waals surface area contributed by atoms with E-state index in [1.165, 1.54) is 18.2 Å². The molecule has 2 aliphatic rings. The molecular formula is C25H19ClN2O6. The Morgan fingerprint density at radius 3 is 2.65 bits per heavy atom. The zero-order valence-corrected chi connectivity index (χ0v) is 18.8. The largest absolute Gasteiger partial charge is 0.493 e. The fourth-order valence-corrected chi connectivity index (χ4v) is 3.88. The van der Waals surface area contributed by atoms with Gasteiger partial charge in [0.2, 0.25) is 6.79 Å². The van der Waals surface area contributed by atoms with Crippen LogP contribution in [0.15, 0.2) is 66.2 Å². The number of benzene rings is 3. The molecule has 0 radical (unpaired) electrons. The maximum Gasteiger partial charge on any atom is 0.282 e. The van der Waals surface area contributed by atoms with E-state index in [0.717, 1.165) is 5.56 Å².